The Hall–Kier alpha value is -0.850. The number of rotatable bonds is 5. The minimum atomic E-state index is -0.0146. The summed E-state index contributed by atoms with van der Waals surface area (Å²) in [6, 6.07) is -0.0146. The Bertz CT molecular complexity index is 418. The molecule has 0 unspecified atom stereocenters. The van der Waals surface area contributed by atoms with Crippen LogP contribution in [0.5, 0.6) is 0 Å². The Morgan fingerprint density at radius 2 is 2.24 bits per heavy atom. The summed E-state index contributed by atoms with van der Waals surface area (Å²) in [6.07, 6.45) is 4.96. The van der Waals surface area contributed by atoms with Crippen molar-refractivity contribution >= 4 is 30.7 Å². The van der Waals surface area contributed by atoms with Gasteiger partial charge < -0.3 is 15.2 Å². The third kappa shape index (κ3) is 5.80. The van der Waals surface area contributed by atoms with Crippen LogP contribution in [0.1, 0.15) is 44.9 Å². The van der Waals surface area contributed by atoms with Crippen LogP contribution in [-0.2, 0) is 11.3 Å². The average Bonchev–Trinajstić information content (AvgIpc) is 2.88. The van der Waals surface area contributed by atoms with E-state index in [-0.39, 0.29) is 36.8 Å². The largest absolute Gasteiger partial charge is 0.353 e. The van der Waals surface area contributed by atoms with Crippen LogP contribution in [0.15, 0.2) is 6.33 Å². The van der Waals surface area contributed by atoms with E-state index in [1.54, 1.807) is 6.33 Å². The van der Waals surface area contributed by atoms with Gasteiger partial charge in [0.05, 0.1) is 6.04 Å². The SMILES string of the molecule is CC(C)c1nncn1CCNC(=O)[C@H]1CCCCN1.Cl.Cl. The molecule has 2 rings (SSSR count). The van der Waals surface area contributed by atoms with Crippen LogP contribution in [0.2, 0.25) is 0 Å². The Labute approximate surface area is 138 Å². The molecule has 8 heteroatoms. The first kappa shape index (κ1) is 20.1. The van der Waals surface area contributed by atoms with Crippen LogP contribution < -0.4 is 10.6 Å². The molecule has 0 aromatic carbocycles. The van der Waals surface area contributed by atoms with E-state index in [0.29, 0.717) is 12.5 Å². The van der Waals surface area contributed by atoms with Crippen molar-refractivity contribution < 1.29 is 4.79 Å². The van der Waals surface area contributed by atoms with Gasteiger partial charge in [-0.2, -0.15) is 0 Å². The van der Waals surface area contributed by atoms with Crippen LogP contribution in [0.4, 0.5) is 0 Å². The number of nitrogens with one attached hydrogen (secondary N) is 2. The smallest absolute Gasteiger partial charge is 0.237 e. The lowest BCUT2D eigenvalue weighted by atomic mass is 10.0. The number of halogens is 2. The highest BCUT2D eigenvalue weighted by Gasteiger charge is 2.19. The Morgan fingerprint density at radius 3 is 2.86 bits per heavy atom. The highest BCUT2D eigenvalue weighted by molar-refractivity contribution is 5.85. The molecule has 6 nitrogen and oxygen atoms in total. The maximum absolute atomic E-state index is 11.9. The van der Waals surface area contributed by atoms with Crippen molar-refractivity contribution in [2.75, 3.05) is 13.1 Å². The molecule has 1 aliphatic rings. The molecule has 2 N–H and O–H groups in total. The van der Waals surface area contributed by atoms with Crippen molar-refractivity contribution in [1.82, 2.24) is 25.4 Å². The van der Waals surface area contributed by atoms with Gasteiger partial charge in [-0.3, -0.25) is 4.79 Å². The van der Waals surface area contributed by atoms with Gasteiger partial charge in [0.1, 0.15) is 12.2 Å². The number of hydrogen-bond acceptors (Lipinski definition) is 4. The minimum Gasteiger partial charge on any atom is -0.353 e. The van der Waals surface area contributed by atoms with Gasteiger partial charge in [-0.15, -0.1) is 35.0 Å². The van der Waals surface area contributed by atoms with E-state index < -0.39 is 0 Å². The van der Waals surface area contributed by atoms with E-state index in [9.17, 15) is 4.79 Å². The van der Waals surface area contributed by atoms with Gasteiger partial charge in [0, 0.05) is 19.0 Å². The van der Waals surface area contributed by atoms with Gasteiger partial charge >= 0.3 is 0 Å². The fourth-order valence-electron chi connectivity index (χ4n) is 2.38. The van der Waals surface area contributed by atoms with E-state index in [2.05, 4.69) is 34.7 Å². The Balaban J connectivity index is 0.00000200. The van der Waals surface area contributed by atoms with Gasteiger partial charge in [0.2, 0.25) is 5.91 Å². The molecule has 122 valence electrons. The molecule has 0 bridgehead atoms. The highest BCUT2D eigenvalue weighted by Crippen LogP contribution is 2.10. The molecule has 0 aliphatic carbocycles. The van der Waals surface area contributed by atoms with Gasteiger partial charge in [-0.25, -0.2) is 0 Å². The highest BCUT2D eigenvalue weighted by atomic mass is 35.5. The van der Waals surface area contributed by atoms with Crippen molar-refractivity contribution in [3.05, 3.63) is 12.2 Å². The summed E-state index contributed by atoms with van der Waals surface area (Å²) in [5, 5.41) is 14.2. The fraction of sp³-hybridized carbons (Fsp3) is 0.769. The molecular formula is C13H25Cl2N5O. The molecule has 0 spiro atoms. The first-order valence-electron chi connectivity index (χ1n) is 7.07. The molecule has 1 saturated heterocycles. The lowest BCUT2D eigenvalue weighted by molar-refractivity contribution is -0.123. The molecule has 1 aromatic rings. The molecule has 0 saturated carbocycles. The molecule has 2 heterocycles. The zero-order valence-electron chi connectivity index (χ0n) is 12.5. The van der Waals surface area contributed by atoms with Gasteiger partial charge in [-0.1, -0.05) is 20.3 Å². The summed E-state index contributed by atoms with van der Waals surface area (Å²) in [5.74, 6) is 1.42. The third-order valence-electron chi connectivity index (χ3n) is 3.44. The summed E-state index contributed by atoms with van der Waals surface area (Å²) >= 11 is 0. The monoisotopic (exact) mass is 337 g/mol. The predicted molar refractivity (Wildman–Crippen MR) is 87.3 cm³/mol. The number of carbonyl (C=O) groups excluding carboxylic acids is 1. The molecule has 1 fully saturated rings. The first-order chi connectivity index (χ1) is 9.18. The second-order valence-corrected chi connectivity index (χ2v) is 5.33. The zero-order chi connectivity index (χ0) is 13.7. The van der Waals surface area contributed by atoms with Crippen LogP contribution in [0.25, 0.3) is 0 Å². The van der Waals surface area contributed by atoms with Crippen molar-refractivity contribution in [3.8, 4) is 0 Å². The second-order valence-electron chi connectivity index (χ2n) is 5.33. The Morgan fingerprint density at radius 1 is 1.48 bits per heavy atom. The summed E-state index contributed by atoms with van der Waals surface area (Å²) in [6.45, 7) is 6.46. The van der Waals surface area contributed by atoms with Crippen LogP contribution >= 0.6 is 24.8 Å². The molecule has 0 radical (unpaired) electrons. The molecule has 1 amide bonds. The van der Waals surface area contributed by atoms with Crippen LogP contribution in [0.3, 0.4) is 0 Å². The van der Waals surface area contributed by atoms with Crippen molar-refractivity contribution in [1.29, 1.82) is 0 Å². The summed E-state index contributed by atoms with van der Waals surface area (Å²) in [7, 11) is 0. The first-order valence-corrected chi connectivity index (χ1v) is 7.07. The predicted octanol–water partition coefficient (Wildman–Crippen LogP) is 1.50. The Kier molecular flexibility index (Phi) is 9.57. The molecule has 1 aromatic heterocycles. The average molecular weight is 338 g/mol. The van der Waals surface area contributed by atoms with Crippen LogP contribution in [-0.4, -0.2) is 39.8 Å². The number of carbonyl (C=O) groups is 1. The number of nitrogens with zero attached hydrogens (tertiary/aromatic N) is 3. The summed E-state index contributed by atoms with van der Waals surface area (Å²) < 4.78 is 2.00. The standard InChI is InChI=1S/C13H23N5O.2ClH/c1-10(2)12-17-16-9-18(12)8-7-15-13(19)11-5-3-4-6-14-11;;/h9-11,14H,3-8H2,1-2H3,(H,15,19);2*1H/t11-;;/m1../s1. The van der Waals surface area contributed by atoms with Gasteiger partial charge in [0.25, 0.3) is 0 Å². The topological polar surface area (TPSA) is 71.8 Å². The van der Waals surface area contributed by atoms with E-state index in [1.807, 2.05) is 4.57 Å². The summed E-state index contributed by atoms with van der Waals surface area (Å²) in [4.78, 5) is 11.9. The summed E-state index contributed by atoms with van der Waals surface area (Å²) in [5.41, 5.74) is 0. The maximum Gasteiger partial charge on any atom is 0.237 e. The zero-order valence-corrected chi connectivity index (χ0v) is 14.2. The van der Waals surface area contributed by atoms with E-state index >= 15 is 0 Å². The number of hydrogen-bond donors (Lipinski definition) is 2. The molecule has 1 atom stereocenters. The number of amides is 1. The van der Waals surface area contributed by atoms with E-state index in [1.165, 1.54) is 6.42 Å². The van der Waals surface area contributed by atoms with Crippen LogP contribution in [0, 0.1) is 0 Å². The lowest BCUT2D eigenvalue weighted by Crippen LogP contribution is -2.47. The second kappa shape index (κ2) is 9.97. The van der Waals surface area contributed by atoms with Crippen molar-refractivity contribution in [2.24, 2.45) is 0 Å². The minimum absolute atomic E-state index is 0. The van der Waals surface area contributed by atoms with E-state index in [0.717, 1.165) is 31.8 Å². The third-order valence-corrected chi connectivity index (χ3v) is 3.44. The van der Waals surface area contributed by atoms with Crippen molar-refractivity contribution in [3.63, 3.8) is 0 Å². The molecular weight excluding hydrogens is 313 g/mol. The number of piperidine rings is 1. The quantitative estimate of drug-likeness (QED) is 0.854. The molecule has 21 heavy (non-hydrogen) atoms. The number of aromatic nitrogens is 3. The maximum atomic E-state index is 11.9. The van der Waals surface area contributed by atoms with Gasteiger partial charge in [0.15, 0.2) is 0 Å². The molecule has 1 aliphatic heterocycles. The van der Waals surface area contributed by atoms with Gasteiger partial charge in [-0.05, 0) is 19.4 Å². The van der Waals surface area contributed by atoms with E-state index in [4.69, 9.17) is 0 Å². The lowest BCUT2D eigenvalue weighted by Gasteiger charge is -2.22. The fourth-order valence-corrected chi connectivity index (χ4v) is 2.38. The normalized spacial score (nSPS) is 17.8. The van der Waals surface area contributed by atoms with Crippen molar-refractivity contribution in [2.45, 2.75) is 51.6 Å².